The van der Waals surface area contributed by atoms with Gasteiger partial charge in [0.15, 0.2) is 22.5 Å². The molecule has 0 saturated carbocycles. The second-order valence-corrected chi connectivity index (χ2v) is 9.82. The van der Waals surface area contributed by atoms with Crippen molar-refractivity contribution in [3.05, 3.63) is 30.0 Å². The minimum Gasteiger partial charge on any atom is -0.504 e. The number of carbonyl (C=O) groups excluding carboxylic acids is 1. The van der Waals surface area contributed by atoms with Crippen molar-refractivity contribution in [3.63, 3.8) is 0 Å². The van der Waals surface area contributed by atoms with Gasteiger partial charge in [0.1, 0.15) is 5.52 Å². The largest absolute Gasteiger partial charge is 0.504 e. The van der Waals surface area contributed by atoms with Gasteiger partial charge in [-0.1, -0.05) is 32.5 Å². The lowest BCUT2D eigenvalue weighted by atomic mass is 9.97. The van der Waals surface area contributed by atoms with Gasteiger partial charge in [-0.2, -0.15) is 0 Å². The molecule has 0 unspecified atom stereocenters. The minimum absolute atomic E-state index is 0.172. The average molecular weight is 459 g/mol. The topological polar surface area (TPSA) is 138 Å². The van der Waals surface area contributed by atoms with Crippen molar-refractivity contribution >= 4 is 34.5 Å². The zero-order chi connectivity index (χ0) is 23.5. The van der Waals surface area contributed by atoms with E-state index in [1.807, 2.05) is 6.07 Å². The fraction of sp³-hybridized carbons (Fsp3) is 0.409. The molecule has 0 spiro atoms. The first-order valence-corrected chi connectivity index (χ1v) is 11.2. The Morgan fingerprint density at radius 3 is 2.66 bits per heavy atom. The molecule has 1 amide bonds. The number of nitrogens with two attached hydrogens (primary N) is 1. The summed E-state index contributed by atoms with van der Waals surface area (Å²) in [6.07, 6.45) is 1.65. The van der Waals surface area contributed by atoms with E-state index in [0.717, 1.165) is 18.6 Å². The van der Waals surface area contributed by atoms with Crippen LogP contribution in [0.5, 0.6) is 11.5 Å². The summed E-state index contributed by atoms with van der Waals surface area (Å²) in [6.45, 7) is 10.4. The number of rotatable bonds is 8. The molecule has 6 N–H and O–H groups in total. The van der Waals surface area contributed by atoms with Gasteiger partial charge < -0.3 is 31.1 Å². The number of nitrogens with zero attached hydrogens (tertiary/aromatic N) is 3. The third-order valence-electron chi connectivity index (χ3n) is 4.71. The molecule has 9 nitrogen and oxygen atoms in total. The van der Waals surface area contributed by atoms with Crippen LogP contribution >= 0.6 is 11.8 Å². The summed E-state index contributed by atoms with van der Waals surface area (Å²) in [4.78, 5) is 20.9. The third kappa shape index (κ3) is 5.83. The molecule has 0 saturated heterocycles. The first kappa shape index (κ1) is 23.7. The fourth-order valence-corrected chi connectivity index (χ4v) is 4.22. The molecular weight excluding hydrogens is 428 g/mol. The van der Waals surface area contributed by atoms with Gasteiger partial charge in [0, 0.05) is 44.2 Å². The van der Waals surface area contributed by atoms with Gasteiger partial charge in [0.25, 0.3) is 0 Å². The Labute approximate surface area is 191 Å². The smallest absolute Gasteiger partial charge is 0.217 e. The molecular formula is C22H30N6O3S. The van der Waals surface area contributed by atoms with Gasteiger partial charge in [0.05, 0.1) is 5.52 Å². The lowest BCUT2D eigenvalue weighted by Crippen LogP contribution is -2.29. The SMILES string of the molecule is CC(=O)NCc1cc(O)c(O)cc1Sc1nc2c(N)nccc2n1CCNCC(C)(C)C. The van der Waals surface area contributed by atoms with E-state index in [1.165, 1.54) is 30.8 Å². The van der Waals surface area contributed by atoms with Crippen LogP contribution in [0.1, 0.15) is 33.3 Å². The Kier molecular flexibility index (Phi) is 7.15. The maximum absolute atomic E-state index is 11.4. The number of anilines is 1. The Balaban J connectivity index is 1.95. The molecule has 0 bridgehead atoms. The number of phenols is 2. The van der Waals surface area contributed by atoms with Gasteiger partial charge in [-0.05, 0) is 29.2 Å². The van der Waals surface area contributed by atoms with E-state index in [1.54, 1.807) is 6.20 Å². The summed E-state index contributed by atoms with van der Waals surface area (Å²) in [5.41, 5.74) is 8.37. The van der Waals surface area contributed by atoms with E-state index in [-0.39, 0.29) is 29.4 Å². The standard InChI is InChI=1S/C22H30N6O3S/c1-13(29)26-11-14-9-16(30)17(31)10-18(14)32-21-27-19-15(5-6-25-20(19)23)28(21)8-7-24-12-22(2,3)4/h5-6,9-10,24,30-31H,7-8,11-12H2,1-4H3,(H2,23,25)(H,26,29). The van der Waals surface area contributed by atoms with Crippen molar-refractivity contribution in [1.82, 2.24) is 25.2 Å². The zero-order valence-electron chi connectivity index (χ0n) is 18.8. The number of carbonyl (C=O) groups is 1. The predicted molar refractivity (Wildman–Crippen MR) is 126 cm³/mol. The van der Waals surface area contributed by atoms with E-state index < -0.39 is 0 Å². The van der Waals surface area contributed by atoms with Gasteiger partial charge in [-0.3, -0.25) is 4.79 Å². The molecule has 1 aromatic carbocycles. The molecule has 3 rings (SSSR count). The monoisotopic (exact) mass is 458 g/mol. The highest BCUT2D eigenvalue weighted by atomic mass is 32.2. The molecule has 32 heavy (non-hydrogen) atoms. The van der Waals surface area contributed by atoms with Crippen LogP contribution in [-0.2, 0) is 17.9 Å². The number of amides is 1. The third-order valence-corrected chi connectivity index (χ3v) is 5.81. The van der Waals surface area contributed by atoms with E-state index in [9.17, 15) is 15.0 Å². The maximum atomic E-state index is 11.4. The Morgan fingerprint density at radius 1 is 1.25 bits per heavy atom. The number of hydrogen-bond acceptors (Lipinski definition) is 8. The molecule has 0 aliphatic heterocycles. The first-order chi connectivity index (χ1) is 15.0. The van der Waals surface area contributed by atoms with Crippen LogP contribution in [0.25, 0.3) is 11.0 Å². The number of hydrogen-bond donors (Lipinski definition) is 5. The van der Waals surface area contributed by atoms with Crippen molar-refractivity contribution in [1.29, 1.82) is 0 Å². The highest BCUT2D eigenvalue weighted by molar-refractivity contribution is 7.99. The summed E-state index contributed by atoms with van der Waals surface area (Å²) in [6, 6.07) is 4.79. The Morgan fingerprint density at radius 2 is 1.97 bits per heavy atom. The van der Waals surface area contributed by atoms with Gasteiger partial charge in [-0.25, -0.2) is 9.97 Å². The summed E-state index contributed by atoms with van der Waals surface area (Å²) in [7, 11) is 0. The normalized spacial score (nSPS) is 11.8. The Hall–Kier alpha value is -2.98. The van der Waals surface area contributed by atoms with Crippen LogP contribution in [-0.4, -0.2) is 43.7 Å². The molecule has 0 fully saturated rings. The summed E-state index contributed by atoms with van der Waals surface area (Å²) >= 11 is 1.33. The van der Waals surface area contributed by atoms with Crippen molar-refractivity contribution in [2.24, 2.45) is 5.41 Å². The highest BCUT2D eigenvalue weighted by Gasteiger charge is 2.18. The fourth-order valence-electron chi connectivity index (χ4n) is 3.15. The average Bonchev–Trinajstić information content (AvgIpc) is 3.04. The lowest BCUT2D eigenvalue weighted by Gasteiger charge is -2.19. The number of benzene rings is 1. The lowest BCUT2D eigenvalue weighted by molar-refractivity contribution is -0.119. The van der Waals surface area contributed by atoms with E-state index in [2.05, 4.69) is 41.0 Å². The van der Waals surface area contributed by atoms with Crippen LogP contribution in [0.2, 0.25) is 0 Å². The van der Waals surface area contributed by atoms with Gasteiger partial charge >= 0.3 is 0 Å². The number of pyridine rings is 1. The van der Waals surface area contributed by atoms with Crippen LogP contribution in [0.3, 0.4) is 0 Å². The number of fused-ring (bicyclic) bond motifs is 1. The van der Waals surface area contributed by atoms with Crippen molar-refractivity contribution in [3.8, 4) is 11.5 Å². The molecule has 0 aliphatic carbocycles. The molecule has 2 heterocycles. The number of nitrogen functional groups attached to an aromatic ring is 1. The number of imidazole rings is 1. The number of phenolic OH excluding ortho intramolecular Hbond substituents is 2. The van der Waals surface area contributed by atoms with Crippen molar-refractivity contribution in [2.75, 3.05) is 18.8 Å². The quantitative estimate of drug-likeness (QED) is 0.257. The molecule has 0 radical (unpaired) electrons. The maximum Gasteiger partial charge on any atom is 0.217 e. The summed E-state index contributed by atoms with van der Waals surface area (Å²) in [5, 5.41) is 26.9. The summed E-state index contributed by atoms with van der Waals surface area (Å²) in [5.74, 6) is -0.333. The minimum atomic E-state index is -0.247. The second-order valence-electron chi connectivity index (χ2n) is 8.81. The number of aromatic hydroxyl groups is 2. The molecule has 2 aromatic heterocycles. The van der Waals surface area contributed by atoms with Gasteiger partial charge in [0.2, 0.25) is 5.91 Å². The van der Waals surface area contributed by atoms with Crippen molar-refractivity contribution in [2.45, 2.75) is 50.8 Å². The molecule has 3 aromatic rings. The number of nitrogens with one attached hydrogen (secondary N) is 2. The van der Waals surface area contributed by atoms with Crippen LogP contribution in [0, 0.1) is 5.41 Å². The summed E-state index contributed by atoms with van der Waals surface area (Å²) < 4.78 is 2.06. The molecule has 172 valence electrons. The highest BCUT2D eigenvalue weighted by Crippen LogP contribution is 2.38. The molecule has 10 heteroatoms. The predicted octanol–water partition coefficient (Wildman–Crippen LogP) is 2.85. The van der Waals surface area contributed by atoms with Crippen molar-refractivity contribution < 1.29 is 15.0 Å². The molecule has 0 aliphatic rings. The van der Waals surface area contributed by atoms with Crippen LogP contribution < -0.4 is 16.4 Å². The Bertz CT molecular complexity index is 1120. The van der Waals surface area contributed by atoms with Crippen LogP contribution in [0.4, 0.5) is 5.82 Å². The van der Waals surface area contributed by atoms with E-state index in [0.29, 0.717) is 33.5 Å². The van der Waals surface area contributed by atoms with E-state index in [4.69, 9.17) is 10.7 Å². The zero-order valence-corrected chi connectivity index (χ0v) is 19.6. The first-order valence-electron chi connectivity index (χ1n) is 10.3. The van der Waals surface area contributed by atoms with Gasteiger partial charge in [-0.15, -0.1) is 0 Å². The van der Waals surface area contributed by atoms with Crippen LogP contribution in [0.15, 0.2) is 34.4 Å². The van der Waals surface area contributed by atoms with E-state index >= 15 is 0 Å². The molecule has 0 atom stereocenters. The number of aromatic nitrogens is 3. The second kappa shape index (κ2) is 9.66.